The molecule has 0 bridgehead atoms. The van der Waals surface area contributed by atoms with E-state index in [0.29, 0.717) is 12.8 Å². The Labute approximate surface area is 104 Å². The first-order valence-electron chi connectivity index (χ1n) is 5.15. The second-order valence-corrected chi connectivity index (χ2v) is 7.56. The highest BCUT2D eigenvalue weighted by Gasteiger charge is 2.50. The van der Waals surface area contributed by atoms with Crippen molar-refractivity contribution >= 4 is 27.3 Å². The lowest BCUT2D eigenvalue weighted by Crippen LogP contribution is -2.33. The third-order valence-electron chi connectivity index (χ3n) is 2.89. The summed E-state index contributed by atoms with van der Waals surface area (Å²) in [6.45, 7) is 1.80. The van der Waals surface area contributed by atoms with E-state index in [4.69, 9.17) is 5.11 Å². The topological polar surface area (TPSA) is 83.5 Å². The number of carbonyl (C=O) groups is 1. The smallest absolute Gasteiger partial charge is 0.310 e. The Bertz CT molecular complexity index is 542. The molecule has 0 unspecified atom stereocenters. The van der Waals surface area contributed by atoms with Gasteiger partial charge in [0.15, 0.2) is 0 Å². The van der Waals surface area contributed by atoms with Gasteiger partial charge in [-0.15, -0.1) is 11.3 Å². The molecule has 17 heavy (non-hydrogen) atoms. The molecule has 5 nitrogen and oxygen atoms in total. The number of hydrogen-bond donors (Lipinski definition) is 2. The van der Waals surface area contributed by atoms with Gasteiger partial charge in [0.1, 0.15) is 4.21 Å². The van der Waals surface area contributed by atoms with Gasteiger partial charge in [0.05, 0.1) is 5.41 Å². The first kappa shape index (κ1) is 12.5. The molecule has 1 aromatic heterocycles. The maximum absolute atomic E-state index is 11.8. The van der Waals surface area contributed by atoms with Crippen molar-refractivity contribution in [3.8, 4) is 0 Å². The third-order valence-corrected chi connectivity index (χ3v) is 5.78. The molecule has 2 N–H and O–H groups in total. The van der Waals surface area contributed by atoms with Crippen LogP contribution in [-0.4, -0.2) is 26.0 Å². The van der Waals surface area contributed by atoms with Crippen molar-refractivity contribution in [1.82, 2.24) is 4.72 Å². The average Bonchev–Trinajstić information content (AvgIpc) is 2.92. The summed E-state index contributed by atoms with van der Waals surface area (Å²) >= 11 is 1.18. The highest BCUT2D eigenvalue weighted by Crippen LogP contribution is 2.45. The standard InChI is InChI=1S/C10H13NO4S2/c1-7-2-3-8(16-7)17(14,15)11-6-10(4-5-10)9(12)13/h2-3,11H,4-6H2,1H3,(H,12,13). The molecule has 0 saturated heterocycles. The van der Waals surface area contributed by atoms with Crippen LogP contribution in [0, 0.1) is 12.3 Å². The zero-order chi connectivity index (χ0) is 12.7. The molecule has 7 heteroatoms. The van der Waals surface area contributed by atoms with E-state index in [1.165, 1.54) is 17.4 Å². The number of aliphatic carboxylic acids is 1. The van der Waals surface area contributed by atoms with Crippen LogP contribution in [0.15, 0.2) is 16.3 Å². The SMILES string of the molecule is Cc1ccc(S(=O)(=O)NCC2(C(=O)O)CC2)s1. The molecule has 0 atom stereocenters. The molecule has 94 valence electrons. The van der Waals surface area contributed by atoms with Gasteiger partial charge in [-0.1, -0.05) is 0 Å². The highest BCUT2D eigenvalue weighted by atomic mass is 32.2. The fourth-order valence-electron chi connectivity index (χ4n) is 1.48. The van der Waals surface area contributed by atoms with Gasteiger partial charge in [0, 0.05) is 11.4 Å². The van der Waals surface area contributed by atoms with Crippen LogP contribution in [0.4, 0.5) is 0 Å². The van der Waals surface area contributed by atoms with E-state index in [9.17, 15) is 13.2 Å². The highest BCUT2D eigenvalue weighted by molar-refractivity contribution is 7.91. The van der Waals surface area contributed by atoms with E-state index >= 15 is 0 Å². The number of sulfonamides is 1. The number of aryl methyl sites for hydroxylation is 1. The predicted octanol–water partition coefficient (Wildman–Crippen LogP) is 1.20. The summed E-state index contributed by atoms with van der Waals surface area (Å²) in [6.07, 6.45) is 1.07. The van der Waals surface area contributed by atoms with E-state index < -0.39 is 21.4 Å². The van der Waals surface area contributed by atoms with Gasteiger partial charge in [-0.05, 0) is 31.9 Å². The van der Waals surface area contributed by atoms with E-state index in [2.05, 4.69) is 4.72 Å². The summed E-state index contributed by atoms with van der Waals surface area (Å²) < 4.78 is 26.3. The van der Waals surface area contributed by atoms with Crippen molar-refractivity contribution in [1.29, 1.82) is 0 Å². The molecule has 1 aliphatic carbocycles. The summed E-state index contributed by atoms with van der Waals surface area (Å²) in [5.74, 6) is -0.928. The Balaban J connectivity index is 2.07. The Kier molecular flexibility index (Phi) is 3.01. The fraction of sp³-hybridized carbons (Fsp3) is 0.500. The summed E-state index contributed by atoms with van der Waals surface area (Å²) in [7, 11) is -3.56. The van der Waals surface area contributed by atoms with Crippen LogP contribution in [-0.2, 0) is 14.8 Å². The largest absolute Gasteiger partial charge is 0.481 e. The zero-order valence-corrected chi connectivity index (χ0v) is 10.9. The van der Waals surface area contributed by atoms with Gasteiger partial charge >= 0.3 is 5.97 Å². The van der Waals surface area contributed by atoms with Crippen LogP contribution in [0.3, 0.4) is 0 Å². The molecule has 0 aliphatic heterocycles. The van der Waals surface area contributed by atoms with Crippen molar-refractivity contribution in [2.45, 2.75) is 24.0 Å². The summed E-state index contributed by atoms with van der Waals surface area (Å²) in [5.41, 5.74) is -0.876. The predicted molar refractivity (Wildman–Crippen MR) is 63.5 cm³/mol. The van der Waals surface area contributed by atoms with Crippen LogP contribution in [0.25, 0.3) is 0 Å². The van der Waals surface area contributed by atoms with Crippen molar-refractivity contribution in [2.75, 3.05) is 6.54 Å². The van der Waals surface area contributed by atoms with Crippen molar-refractivity contribution in [3.63, 3.8) is 0 Å². The minimum atomic E-state index is -3.56. The molecule has 0 amide bonds. The Hall–Kier alpha value is -0.920. The van der Waals surface area contributed by atoms with Crippen LogP contribution >= 0.6 is 11.3 Å². The first-order chi connectivity index (χ1) is 7.86. The molecular weight excluding hydrogens is 262 g/mol. The molecule has 1 aliphatic rings. The van der Waals surface area contributed by atoms with Gasteiger partial charge in [0.2, 0.25) is 10.0 Å². The summed E-state index contributed by atoms with van der Waals surface area (Å²) in [4.78, 5) is 11.8. The van der Waals surface area contributed by atoms with Gasteiger partial charge in [-0.25, -0.2) is 13.1 Å². The van der Waals surface area contributed by atoms with Gasteiger partial charge < -0.3 is 5.11 Å². The fourth-order valence-corrected chi connectivity index (χ4v) is 3.93. The lowest BCUT2D eigenvalue weighted by atomic mass is 10.1. The lowest BCUT2D eigenvalue weighted by molar-refractivity contribution is -0.143. The van der Waals surface area contributed by atoms with E-state index in [-0.39, 0.29) is 10.8 Å². The number of carboxylic acid groups (broad SMARTS) is 1. The van der Waals surface area contributed by atoms with Gasteiger partial charge in [-0.2, -0.15) is 0 Å². The monoisotopic (exact) mass is 275 g/mol. The number of carboxylic acids is 1. The average molecular weight is 275 g/mol. The normalized spacial score (nSPS) is 17.9. The third kappa shape index (κ3) is 2.51. The summed E-state index contributed by atoms with van der Waals surface area (Å²) in [6, 6.07) is 3.26. The minimum Gasteiger partial charge on any atom is -0.481 e. The molecular formula is C10H13NO4S2. The molecule has 1 aromatic rings. The first-order valence-corrected chi connectivity index (χ1v) is 7.45. The Morgan fingerprint density at radius 2 is 2.18 bits per heavy atom. The molecule has 1 heterocycles. The minimum absolute atomic E-state index is 0.0262. The van der Waals surface area contributed by atoms with Crippen LogP contribution in [0.1, 0.15) is 17.7 Å². The van der Waals surface area contributed by atoms with Crippen molar-refractivity contribution in [2.24, 2.45) is 5.41 Å². The molecule has 1 fully saturated rings. The maximum Gasteiger partial charge on any atom is 0.310 e. The van der Waals surface area contributed by atoms with Crippen molar-refractivity contribution in [3.05, 3.63) is 17.0 Å². The van der Waals surface area contributed by atoms with E-state index in [1.807, 2.05) is 6.92 Å². The van der Waals surface area contributed by atoms with Crippen LogP contribution < -0.4 is 4.72 Å². The lowest BCUT2D eigenvalue weighted by Gasteiger charge is -2.10. The number of hydrogen-bond acceptors (Lipinski definition) is 4. The second-order valence-electron chi connectivity index (χ2n) is 4.28. The van der Waals surface area contributed by atoms with E-state index in [0.717, 1.165) is 4.88 Å². The zero-order valence-electron chi connectivity index (χ0n) is 9.26. The van der Waals surface area contributed by atoms with Crippen LogP contribution in [0.5, 0.6) is 0 Å². The quantitative estimate of drug-likeness (QED) is 0.845. The second kappa shape index (κ2) is 4.08. The van der Waals surface area contributed by atoms with Gasteiger partial charge in [-0.3, -0.25) is 4.79 Å². The van der Waals surface area contributed by atoms with Crippen molar-refractivity contribution < 1.29 is 18.3 Å². The van der Waals surface area contributed by atoms with Gasteiger partial charge in [0.25, 0.3) is 0 Å². The molecule has 0 aromatic carbocycles. The Morgan fingerprint density at radius 1 is 1.53 bits per heavy atom. The molecule has 0 radical (unpaired) electrons. The summed E-state index contributed by atoms with van der Waals surface area (Å²) in [5, 5.41) is 8.94. The molecule has 0 spiro atoms. The molecule has 1 saturated carbocycles. The van der Waals surface area contributed by atoms with E-state index in [1.54, 1.807) is 6.07 Å². The van der Waals surface area contributed by atoms with Crippen LogP contribution in [0.2, 0.25) is 0 Å². The number of rotatable bonds is 5. The molecule has 2 rings (SSSR count). The maximum atomic E-state index is 11.8. The Morgan fingerprint density at radius 3 is 2.59 bits per heavy atom. The number of nitrogens with one attached hydrogen (secondary N) is 1. The number of thiophene rings is 1.